The van der Waals surface area contributed by atoms with Crippen molar-refractivity contribution in [1.82, 2.24) is 0 Å². The van der Waals surface area contributed by atoms with Gasteiger partial charge in [-0.1, -0.05) is 18.2 Å². The van der Waals surface area contributed by atoms with Crippen molar-refractivity contribution in [2.45, 2.75) is 27.7 Å². The molecule has 0 aliphatic rings. The van der Waals surface area contributed by atoms with Crippen molar-refractivity contribution < 1.29 is 9.05 Å². The third-order valence-electron chi connectivity index (χ3n) is 2.11. The Labute approximate surface area is 93.5 Å². The molecule has 15 heavy (non-hydrogen) atoms. The molecule has 84 valence electrons. The van der Waals surface area contributed by atoms with Gasteiger partial charge in [-0.25, -0.2) is 0 Å². The van der Waals surface area contributed by atoms with E-state index in [4.69, 9.17) is 9.05 Å². The highest BCUT2D eigenvalue weighted by Gasteiger charge is 2.17. The predicted molar refractivity (Wildman–Crippen MR) is 65.7 cm³/mol. The van der Waals surface area contributed by atoms with Crippen LogP contribution in [0.25, 0.3) is 0 Å². The average Bonchev–Trinajstić information content (AvgIpc) is 2.18. The minimum atomic E-state index is -0.898. The molecule has 0 saturated heterocycles. The van der Waals surface area contributed by atoms with Gasteiger partial charge in [0.1, 0.15) is 0 Å². The van der Waals surface area contributed by atoms with E-state index >= 15 is 0 Å². The van der Waals surface area contributed by atoms with Gasteiger partial charge in [-0.15, -0.1) is 0 Å². The lowest BCUT2D eigenvalue weighted by molar-refractivity contribution is 0.277. The van der Waals surface area contributed by atoms with Crippen molar-refractivity contribution in [2.75, 3.05) is 13.2 Å². The summed E-state index contributed by atoms with van der Waals surface area (Å²) in [6.07, 6.45) is 0. The fraction of sp³-hybridized carbons (Fsp3) is 0.500. The number of rotatable bonds is 5. The maximum atomic E-state index is 5.67. The van der Waals surface area contributed by atoms with Gasteiger partial charge < -0.3 is 9.05 Å². The molecule has 2 nitrogen and oxygen atoms in total. The molecule has 3 heteroatoms. The van der Waals surface area contributed by atoms with Gasteiger partial charge in [-0.05, 0) is 38.8 Å². The first-order valence-electron chi connectivity index (χ1n) is 5.32. The third kappa shape index (κ3) is 3.27. The molecule has 0 fully saturated rings. The Kier molecular flexibility index (Phi) is 5.24. The lowest BCUT2D eigenvalue weighted by atomic mass is 10.2. The number of benzene rings is 1. The fourth-order valence-electron chi connectivity index (χ4n) is 1.49. The van der Waals surface area contributed by atoms with E-state index in [1.165, 1.54) is 16.4 Å². The second-order valence-corrected chi connectivity index (χ2v) is 4.81. The second-order valence-electron chi connectivity index (χ2n) is 3.33. The summed E-state index contributed by atoms with van der Waals surface area (Å²) in [6, 6.07) is 6.28. The van der Waals surface area contributed by atoms with Crippen LogP contribution >= 0.6 is 8.38 Å². The van der Waals surface area contributed by atoms with Gasteiger partial charge >= 0.3 is 0 Å². The summed E-state index contributed by atoms with van der Waals surface area (Å²) in [7, 11) is -0.898. The molecular weight excluding hydrogens is 207 g/mol. The standard InChI is InChI=1S/C12H19O2P/c1-5-13-15(14-6-2)12-10(3)8-7-9-11(12)4/h7-9H,5-6H2,1-4H3. The zero-order valence-electron chi connectivity index (χ0n) is 9.91. The molecule has 0 saturated carbocycles. The summed E-state index contributed by atoms with van der Waals surface area (Å²) < 4.78 is 11.3. The van der Waals surface area contributed by atoms with Crippen LogP contribution in [-0.2, 0) is 9.05 Å². The first kappa shape index (κ1) is 12.6. The zero-order chi connectivity index (χ0) is 11.3. The van der Waals surface area contributed by atoms with Gasteiger partial charge in [-0.3, -0.25) is 0 Å². The number of hydrogen-bond donors (Lipinski definition) is 0. The van der Waals surface area contributed by atoms with Gasteiger partial charge in [0.15, 0.2) is 0 Å². The van der Waals surface area contributed by atoms with Crippen molar-refractivity contribution in [3.8, 4) is 0 Å². The quantitative estimate of drug-likeness (QED) is 0.717. The van der Waals surface area contributed by atoms with Crippen LogP contribution in [0.4, 0.5) is 0 Å². The Morgan fingerprint density at radius 1 is 1.00 bits per heavy atom. The van der Waals surface area contributed by atoms with Gasteiger partial charge in [0.05, 0.1) is 13.2 Å². The normalized spacial score (nSPS) is 11.0. The lowest BCUT2D eigenvalue weighted by Gasteiger charge is -2.19. The maximum absolute atomic E-state index is 5.67. The monoisotopic (exact) mass is 226 g/mol. The van der Waals surface area contributed by atoms with Gasteiger partial charge in [0.25, 0.3) is 0 Å². The molecule has 0 N–H and O–H groups in total. The molecule has 0 aliphatic heterocycles. The molecule has 1 rings (SSSR count). The first-order chi connectivity index (χ1) is 7.20. The molecule has 0 amide bonds. The van der Waals surface area contributed by atoms with E-state index < -0.39 is 8.38 Å². The average molecular weight is 226 g/mol. The van der Waals surface area contributed by atoms with Crippen LogP contribution in [0.15, 0.2) is 18.2 Å². The van der Waals surface area contributed by atoms with Crippen molar-refractivity contribution in [2.24, 2.45) is 0 Å². The SMILES string of the molecule is CCOP(OCC)c1c(C)cccc1C. The van der Waals surface area contributed by atoms with Crippen molar-refractivity contribution in [1.29, 1.82) is 0 Å². The Morgan fingerprint density at radius 3 is 1.87 bits per heavy atom. The molecule has 0 spiro atoms. The molecule has 1 aromatic rings. The summed E-state index contributed by atoms with van der Waals surface area (Å²) in [6.45, 7) is 9.61. The fourth-order valence-corrected chi connectivity index (χ4v) is 3.02. The molecule has 0 aromatic heterocycles. The number of aryl methyl sites for hydroxylation is 2. The maximum Gasteiger partial charge on any atom is 0.205 e. The zero-order valence-corrected chi connectivity index (χ0v) is 10.8. The Hall–Kier alpha value is -0.430. The van der Waals surface area contributed by atoms with Crippen LogP contribution in [0, 0.1) is 13.8 Å². The first-order valence-corrected chi connectivity index (χ1v) is 6.50. The molecule has 0 heterocycles. The Balaban J connectivity index is 2.98. The lowest BCUT2D eigenvalue weighted by Crippen LogP contribution is -2.13. The van der Waals surface area contributed by atoms with Gasteiger partial charge in [0, 0.05) is 5.30 Å². The van der Waals surface area contributed by atoms with Crippen LogP contribution in [0.5, 0.6) is 0 Å². The molecule has 0 atom stereocenters. The summed E-state index contributed by atoms with van der Waals surface area (Å²) in [5.74, 6) is 0. The van der Waals surface area contributed by atoms with Gasteiger partial charge in [0.2, 0.25) is 8.38 Å². The van der Waals surface area contributed by atoms with E-state index in [-0.39, 0.29) is 0 Å². The molecule has 0 bridgehead atoms. The van der Waals surface area contributed by atoms with Gasteiger partial charge in [-0.2, -0.15) is 0 Å². The van der Waals surface area contributed by atoms with Crippen LogP contribution in [0.3, 0.4) is 0 Å². The third-order valence-corrected chi connectivity index (χ3v) is 4.17. The van der Waals surface area contributed by atoms with E-state index in [2.05, 4.69) is 32.0 Å². The largest absolute Gasteiger partial charge is 0.331 e. The Morgan fingerprint density at radius 2 is 1.47 bits per heavy atom. The second kappa shape index (κ2) is 6.22. The van der Waals surface area contributed by atoms with Crippen LogP contribution in [0.1, 0.15) is 25.0 Å². The summed E-state index contributed by atoms with van der Waals surface area (Å²) in [5, 5.41) is 1.23. The minimum absolute atomic E-state index is 0.694. The summed E-state index contributed by atoms with van der Waals surface area (Å²) in [4.78, 5) is 0. The van der Waals surface area contributed by atoms with Crippen LogP contribution in [-0.4, -0.2) is 13.2 Å². The van der Waals surface area contributed by atoms with Crippen molar-refractivity contribution in [3.63, 3.8) is 0 Å². The highest BCUT2D eigenvalue weighted by atomic mass is 31.2. The van der Waals surface area contributed by atoms with E-state index in [9.17, 15) is 0 Å². The van der Waals surface area contributed by atoms with Crippen molar-refractivity contribution in [3.05, 3.63) is 29.3 Å². The molecule has 0 aliphatic carbocycles. The predicted octanol–water partition coefficient (Wildman–Crippen LogP) is 3.31. The topological polar surface area (TPSA) is 18.5 Å². The highest BCUT2D eigenvalue weighted by Crippen LogP contribution is 2.39. The molecular formula is C12H19O2P. The van der Waals surface area contributed by atoms with E-state index in [0.29, 0.717) is 13.2 Å². The van der Waals surface area contributed by atoms with E-state index in [1.54, 1.807) is 0 Å². The molecule has 1 aromatic carbocycles. The van der Waals surface area contributed by atoms with Crippen LogP contribution in [0.2, 0.25) is 0 Å². The summed E-state index contributed by atoms with van der Waals surface area (Å²) in [5.41, 5.74) is 2.51. The number of hydrogen-bond acceptors (Lipinski definition) is 2. The highest BCUT2D eigenvalue weighted by molar-refractivity contribution is 7.56. The molecule has 0 radical (unpaired) electrons. The smallest absolute Gasteiger partial charge is 0.205 e. The minimum Gasteiger partial charge on any atom is -0.331 e. The van der Waals surface area contributed by atoms with E-state index in [1.807, 2.05) is 13.8 Å². The van der Waals surface area contributed by atoms with Crippen LogP contribution < -0.4 is 5.30 Å². The van der Waals surface area contributed by atoms with Crippen molar-refractivity contribution >= 4 is 13.7 Å². The molecule has 0 unspecified atom stereocenters. The van der Waals surface area contributed by atoms with E-state index in [0.717, 1.165) is 0 Å². The summed E-state index contributed by atoms with van der Waals surface area (Å²) >= 11 is 0. The Bertz CT molecular complexity index is 286.